The molecule has 21 heavy (non-hydrogen) atoms. The van der Waals surface area contributed by atoms with Crippen LogP contribution in [-0.4, -0.2) is 14.7 Å². The first-order valence-electron chi connectivity index (χ1n) is 6.78. The first kappa shape index (κ1) is 14.9. The van der Waals surface area contributed by atoms with E-state index in [0.29, 0.717) is 4.90 Å². The van der Waals surface area contributed by atoms with E-state index in [1.165, 1.54) is 16.7 Å². The Morgan fingerprint density at radius 1 is 1.33 bits per heavy atom. The average Bonchev–Trinajstić information content (AvgIpc) is 2.80. The van der Waals surface area contributed by atoms with Crippen LogP contribution < -0.4 is 5.32 Å². The van der Waals surface area contributed by atoms with Crippen LogP contribution in [0.3, 0.4) is 0 Å². The molecule has 3 nitrogen and oxygen atoms in total. The van der Waals surface area contributed by atoms with Crippen LogP contribution in [0.25, 0.3) is 0 Å². The summed E-state index contributed by atoms with van der Waals surface area (Å²) in [7, 11) is -3.18. The monoisotopic (exact) mass is 341 g/mol. The number of hydrogen-bond acceptors (Lipinski definition) is 4. The van der Waals surface area contributed by atoms with E-state index < -0.39 is 9.84 Å². The first-order chi connectivity index (χ1) is 9.93. The van der Waals surface area contributed by atoms with Crippen molar-refractivity contribution in [2.75, 3.05) is 11.6 Å². The number of aryl methyl sites for hydroxylation is 1. The largest absolute Gasteiger partial charge is 0.378 e. The van der Waals surface area contributed by atoms with E-state index >= 15 is 0 Å². The van der Waals surface area contributed by atoms with Gasteiger partial charge in [0.15, 0.2) is 9.84 Å². The van der Waals surface area contributed by atoms with E-state index in [2.05, 4.69) is 5.32 Å². The van der Waals surface area contributed by atoms with Crippen LogP contribution in [0.2, 0.25) is 4.34 Å². The van der Waals surface area contributed by atoms with Crippen molar-refractivity contribution in [1.82, 2.24) is 0 Å². The third-order valence-electron chi connectivity index (χ3n) is 3.69. The van der Waals surface area contributed by atoms with Gasteiger partial charge in [0, 0.05) is 16.8 Å². The first-order valence-corrected chi connectivity index (χ1v) is 9.87. The highest BCUT2D eigenvalue weighted by molar-refractivity contribution is 7.90. The zero-order valence-corrected chi connectivity index (χ0v) is 14.0. The second-order valence-electron chi connectivity index (χ2n) is 5.32. The Kier molecular flexibility index (Phi) is 3.99. The lowest BCUT2D eigenvalue weighted by Gasteiger charge is -2.24. The standard InChI is InChI=1S/C15H16ClNO2S2/c1-21(18,19)11-5-2-4-10(8-11)17-13-6-3-7-14-12(13)9-15(16)20-14/h2,4-5,8-9,13,17H,3,6-7H2,1H3. The van der Waals surface area contributed by atoms with Gasteiger partial charge in [0.2, 0.25) is 0 Å². The lowest BCUT2D eigenvalue weighted by molar-refractivity contribution is 0.601. The average molecular weight is 342 g/mol. The molecule has 0 radical (unpaired) electrons. The zero-order chi connectivity index (χ0) is 15.0. The molecule has 0 spiro atoms. The molecule has 1 heterocycles. The fraction of sp³-hybridized carbons (Fsp3) is 0.333. The van der Waals surface area contributed by atoms with Gasteiger partial charge >= 0.3 is 0 Å². The van der Waals surface area contributed by atoms with Crippen LogP contribution in [0.1, 0.15) is 29.3 Å². The molecule has 0 fully saturated rings. The lowest BCUT2D eigenvalue weighted by Crippen LogP contribution is -2.15. The Balaban J connectivity index is 1.88. The third-order valence-corrected chi connectivity index (χ3v) is 6.14. The van der Waals surface area contributed by atoms with Crippen molar-refractivity contribution in [2.45, 2.75) is 30.2 Å². The molecule has 1 aromatic heterocycles. The quantitative estimate of drug-likeness (QED) is 0.905. The van der Waals surface area contributed by atoms with Crippen molar-refractivity contribution in [3.05, 3.63) is 45.1 Å². The number of thiophene rings is 1. The molecule has 0 bridgehead atoms. The minimum atomic E-state index is -3.18. The second-order valence-corrected chi connectivity index (χ2v) is 9.10. The Morgan fingerprint density at radius 2 is 2.14 bits per heavy atom. The smallest absolute Gasteiger partial charge is 0.175 e. The van der Waals surface area contributed by atoms with Gasteiger partial charge in [0.25, 0.3) is 0 Å². The van der Waals surface area contributed by atoms with E-state index in [-0.39, 0.29) is 6.04 Å². The highest BCUT2D eigenvalue weighted by Crippen LogP contribution is 2.39. The van der Waals surface area contributed by atoms with Gasteiger partial charge < -0.3 is 5.32 Å². The van der Waals surface area contributed by atoms with E-state index in [0.717, 1.165) is 29.3 Å². The summed E-state index contributed by atoms with van der Waals surface area (Å²) < 4.78 is 24.1. The summed E-state index contributed by atoms with van der Waals surface area (Å²) in [5.41, 5.74) is 2.08. The van der Waals surface area contributed by atoms with Crippen LogP contribution in [0.15, 0.2) is 35.2 Å². The van der Waals surface area contributed by atoms with E-state index in [4.69, 9.17) is 11.6 Å². The van der Waals surface area contributed by atoms with Crippen molar-refractivity contribution < 1.29 is 8.42 Å². The molecule has 1 atom stereocenters. The van der Waals surface area contributed by atoms with Gasteiger partial charge in [-0.05, 0) is 49.1 Å². The van der Waals surface area contributed by atoms with Crippen LogP contribution in [0, 0.1) is 0 Å². The molecule has 0 aliphatic heterocycles. The maximum absolute atomic E-state index is 11.6. The maximum atomic E-state index is 11.6. The maximum Gasteiger partial charge on any atom is 0.175 e. The number of nitrogens with one attached hydrogen (secondary N) is 1. The molecular formula is C15H16ClNO2S2. The van der Waals surface area contributed by atoms with Crippen LogP contribution >= 0.6 is 22.9 Å². The molecule has 1 aliphatic carbocycles. The van der Waals surface area contributed by atoms with Crippen molar-refractivity contribution in [1.29, 1.82) is 0 Å². The summed E-state index contributed by atoms with van der Waals surface area (Å²) in [5, 5.41) is 3.45. The van der Waals surface area contributed by atoms with Gasteiger partial charge in [0.05, 0.1) is 15.3 Å². The SMILES string of the molecule is CS(=O)(=O)c1cccc(NC2CCCc3sc(Cl)cc32)c1. The Labute approximate surface area is 133 Å². The van der Waals surface area contributed by atoms with Crippen LogP contribution in [0.4, 0.5) is 5.69 Å². The molecule has 1 aliphatic rings. The van der Waals surface area contributed by atoms with Crippen molar-refractivity contribution in [3.8, 4) is 0 Å². The zero-order valence-electron chi connectivity index (χ0n) is 11.6. The summed E-state index contributed by atoms with van der Waals surface area (Å²) in [5.74, 6) is 0. The Bertz CT molecular complexity index is 768. The number of anilines is 1. The van der Waals surface area contributed by atoms with E-state index in [1.54, 1.807) is 29.5 Å². The summed E-state index contributed by atoms with van der Waals surface area (Å²) >= 11 is 7.76. The minimum absolute atomic E-state index is 0.201. The van der Waals surface area contributed by atoms with Gasteiger partial charge in [-0.3, -0.25) is 0 Å². The summed E-state index contributed by atoms with van der Waals surface area (Å²) in [6, 6.07) is 9.21. The molecule has 1 unspecified atom stereocenters. The van der Waals surface area contributed by atoms with Gasteiger partial charge in [-0.15, -0.1) is 11.3 Å². The summed E-state index contributed by atoms with van der Waals surface area (Å²) in [6.07, 6.45) is 4.45. The Hall–Kier alpha value is -1.04. The second kappa shape index (κ2) is 5.63. The molecule has 1 aromatic carbocycles. The van der Waals surface area contributed by atoms with Crippen molar-refractivity contribution in [3.63, 3.8) is 0 Å². The van der Waals surface area contributed by atoms with Crippen LogP contribution in [0.5, 0.6) is 0 Å². The number of hydrogen-bond donors (Lipinski definition) is 1. The molecule has 0 amide bonds. The number of sulfone groups is 1. The number of fused-ring (bicyclic) bond motifs is 1. The summed E-state index contributed by atoms with van der Waals surface area (Å²) in [4.78, 5) is 1.68. The van der Waals surface area contributed by atoms with Crippen molar-refractivity contribution >= 4 is 38.5 Å². The minimum Gasteiger partial charge on any atom is -0.378 e. The molecule has 112 valence electrons. The van der Waals surface area contributed by atoms with Gasteiger partial charge in [-0.2, -0.15) is 0 Å². The van der Waals surface area contributed by atoms with E-state index in [9.17, 15) is 8.42 Å². The lowest BCUT2D eigenvalue weighted by atomic mass is 9.94. The molecule has 6 heteroatoms. The normalized spacial score (nSPS) is 18.3. The van der Waals surface area contributed by atoms with Gasteiger partial charge in [-0.1, -0.05) is 17.7 Å². The molecule has 3 rings (SSSR count). The van der Waals surface area contributed by atoms with E-state index in [1.807, 2.05) is 12.1 Å². The fourth-order valence-electron chi connectivity index (χ4n) is 2.69. The molecule has 1 N–H and O–H groups in total. The van der Waals surface area contributed by atoms with Crippen LogP contribution in [-0.2, 0) is 16.3 Å². The number of benzene rings is 1. The number of halogens is 1. The molecule has 0 saturated carbocycles. The van der Waals surface area contributed by atoms with Gasteiger partial charge in [0.1, 0.15) is 0 Å². The van der Waals surface area contributed by atoms with Crippen molar-refractivity contribution in [2.24, 2.45) is 0 Å². The number of rotatable bonds is 3. The highest BCUT2D eigenvalue weighted by atomic mass is 35.5. The third kappa shape index (κ3) is 3.25. The van der Waals surface area contributed by atoms with Gasteiger partial charge in [-0.25, -0.2) is 8.42 Å². The predicted molar refractivity (Wildman–Crippen MR) is 88.2 cm³/mol. The highest BCUT2D eigenvalue weighted by Gasteiger charge is 2.22. The topological polar surface area (TPSA) is 46.2 Å². The Morgan fingerprint density at radius 3 is 2.90 bits per heavy atom. The molecule has 2 aromatic rings. The molecule has 0 saturated heterocycles. The summed E-state index contributed by atoms with van der Waals surface area (Å²) in [6.45, 7) is 0. The predicted octanol–water partition coefficient (Wildman–Crippen LogP) is 4.29. The molecular weight excluding hydrogens is 326 g/mol. The fourth-order valence-corrected chi connectivity index (χ4v) is 4.74.